The number of halogens is 1. The van der Waals surface area contributed by atoms with Crippen LogP contribution in [0, 0.1) is 0 Å². The molecule has 1 heterocycles. The van der Waals surface area contributed by atoms with Gasteiger partial charge in [-0.05, 0) is 47.9 Å². The van der Waals surface area contributed by atoms with Crippen LogP contribution in [0.3, 0.4) is 0 Å². The molecule has 1 amide bonds. The van der Waals surface area contributed by atoms with Gasteiger partial charge in [0.25, 0.3) is 5.91 Å². The lowest BCUT2D eigenvalue weighted by Crippen LogP contribution is -2.43. The first kappa shape index (κ1) is 23.1. The Morgan fingerprint density at radius 1 is 1.26 bits per heavy atom. The molecule has 0 spiro atoms. The topological polar surface area (TPSA) is 76.1 Å². The van der Waals surface area contributed by atoms with Crippen molar-refractivity contribution >= 4 is 57.9 Å². The summed E-state index contributed by atoms with van der Waals surface area (Å²) in [6, 6.07) is 11.7. The van der Waals surface area contributed by atoms with Crippen molar-refractivity contribution in [1.29, 1.82) is 0 Å². The highest BCUT2D eigenvalue weighted by molar-refractivity contribution is 8.26. The molecule has 162 valence electrons. The summed E-state index contributed by atoms with van der Waals surface area (Å²) in [6.07, 6.45) is 1.93. The number of carbonyl (C=O) groups excluding carboxylic acids is 1. The van der Waals surface area contributed by atoms with Gasteiger partial charge in [-0.25, -0.2) is 4.79 Å². The van der Waals surface area contributed by atoms with Gasteiger partial charge in [-0.2, -0.15) is 0 Å². The summed E-state index contributed by atoms with van der Waals surface area (Å²) in [6.45, 7) is 2.05. The van der Waals surface area contributed by atoms with Crippen molar-refractivity contribution in [3.63, 3.8) is 0 Å². The number of carboxylic acid groups (broad SMARTS) is 1. The Balaban J connectivity index is 1.78. The Morgan fingerprint density at radius 3 is 2.58 bits per heavy atom. The lowest BCUT2D eigenvalue weighted by Gasteiger charge is -2.21. The van der Waals surface area contributed by atoms with E-state index in [1.807, 2.05) is 12.1 Å². The monoisotopic (exact) mass is 477 g/mol. The second-order valence-electron chi connectivity index (χ2n) is 6.64. The first-order valence-corrected chi connectivity index (χ1v) is 11.0. The predicted molar refractivity (Wildman–Crippen MR) is 126 cm³/mol. The van der Waals surface area contributed by atoms with E-state index in [9.17, 15) is 14.7 Å². The summed E-state index contributed by atoms with van der Waals surface area (Å²) >= 11 is 12.2. The average Bonchev–Trinajstić information content (AvgIpc) is 3.02. The van der Waals surface area contributed by atoms with E-state index in [0.717, 1.165) is 22.2 Å². The number of hydrogen-bond donors (Lipinski definition) is 1. The molecular weight excluding hydrogens is 458 g/mol. The van der Waals surface area contributed by atoms with E-state index in [1.54, 1.807) is 43.3 Å². The van der Waals surface area contributed by atoms with E-state index in [4.69, 9.17) is 33.3 Å². The summed E-state index contributed by atoms with van der Waals surface area (Å²) in [5, 5.41) is 10.0. The Morgan fingerprint density at radius 2 is 1.97 bits per heavy atom. The molecule has 0 aliphatic carbocycles. The van der Waals surface area contributed by atoms with Crippen molar-refractivity contribution in [2.45, 2.75) is 26.0 Å². The third-order valence-corrected chi connectivity index (χ3v) is 6.18. The molecule has 31 heavy (non-hydrogen) atoms. The van der Waals surface area contributed by atoms with Gasteiger partial charge in [-0.3, -0.25) is 9.69 Å². The summed E-state index contributed by atoms with van der Waals surface area (Å²) in [5.74, 6) is -0.426. The van der Waals surface area contributed by atoms with E-state index < -0.39 is 17.9 Å². The number of aliphatic carboxylic acids is 1. The fraction of sp³-hybridized carbons (Fsp3) is 0.227. The lowest BCUT2D eigenvalue weighted by atomic mass is 10.1. The molecule has 1 fully saturated rings. The van der Waals surface area contributed by atoms with Gasteiger partial charge >= 0.3 is 5.97 Å². The van der Waals surface area contributed by atoms with Crippen LogP contribution in [-0.4, -0.2) is 39.4 Å². The SMILES string of the molecule is CCC(C(=O)O)N1C(=O)/C(=C\c2ccc(OCc3ccc(Cl)cc3)c(OC)c2)SC1=S. The minimum Gasteiger partial charge on any atom is -0.493 e. The number of nitrogens with zero attached hydrogens (tertiary/aromatic N) is 1. The van der Waals surface area contributed by atoms with E-state index in [2.05, 4.69) is 0 Å². The molecule has 1 aliphatic heterocycles. The zero-order valence-corrected chi connectivity index (χ0v) is 19.2. The second-order valence-corrected chi connectivity index (χ2v) is 8.75. The van der Waals surface area contributed by atoms with Crippen LogP contribution in [-0.2, 0) is 16.2 Å². The lowest BCUT2D eigenvalue weighted by molar-refractivity contribution is -0.145. The minimum absolute atomic E-state index is 0.236. The molecule has 1 atom stereocenters. The van der Waals surface area contributed by atoms with Crippen LogP contribution < -0.4 is 9.47 Å². The summed E-state index contributed by atoms with van der Waals surface area (Å²) < 4.78 is 11.5. The quantitative estimate of drug-likeness (QED) is 0.424. The molecule has 1 saturated heterocycles. The Kier molecular flexibility index (Phi) is 7.59. The number of amides is 1. The van der Waals surface area contributed by atoms with Gasteiger partial charge in [0.1, 0.15) is 17.0 Å². The van der Waals surface area contributed by atoms with Crippen molar-refractivity contribution in [2.24, 2.45) is 0 Å². The van der Waals surface area contributed by atoms with Gasteiger partial charge in [-0.15, -0.1) is 0 Å². The number of rotatable bonds is 8. The molecule has 3 rings (SSSR count). The van der Waals surface area contributed by atoms with Crippen LogP contribution in [0.15, 0.2) is 47.4 Å². The molecule has 0 aromatic heterocycles. The Labute approximate surface area is 194 Å². The van der Waals surface area contributed by atoms with Crippen LogP contribution >= 0.6 is 35.6 Å². The maximum atomic E-state index is 12.8. The predicted octanol–water partition coefficient (Wildman–Crippen LogP) is 4.99. The number of thioether (sulfide) groups is 1. The van der Waals surface area contributed by atoms with Crippen molar-refractivity contribution in [2.75, 3.05) is 7.11 Å². The minimum atomic E-state index is -1.08. The van der Waals surface area contributed by atoms with E-state index >= 15 is 0 Å². The Hall–Kier alpha value is -2.55. The van der Waals surface area contributed by atoms with Crippen molar-refractivity contribution < 1.29 is 24.2 Å². The highest BCUT2D eigenvalue weighted by Crippen LogP contribution is 2.36. The summed E-state index contributed by atoms with van der Waals surface area (Å²) in [4.78, 5) is 25.7. The smallest absolute Gasteiger partial charge is 0.326 e. The first-order chi connectivity index (χ1) is 14.8. The van der Waals surface area contributed by atoms with Gasteiger partial charge in [0.15, 0.2) is 11.5 Å². The van der Waals surface area contributed by atoms with Crippen LogP contribution in [0.1, 0.15) is 24.5 Å². The van der Waals surface area contributed by atoms with Crippen molar-refractivity contribution in [1.82, 2.24) is 4.90 Å². The number of hydrogen-bond acceptors (Lipinski definition) is 6. The molecule has 1 N–H and O–H groups in total. The summed E-state index contributed by atoms with van der Waals surface area (Å²) in [5.41, 5.74) is 1.67. The van der Waals surface area contributed by atoms with Crippen LogP contribution in [0.4, 0.5) is 0 Å². The zero-order chi connectivity index (χ0) is 22.5. The highest BCUT2D eigenvalue weighted by Gasteiger charge is 2.39. The van der Waals surface area contributed by atoms with Gasteiger partial charge in [0.2, 0.25) is 0 Å². The molecule has 1 unspecified atom stereocenters. The molecule has 9 heteroatoms. The van der Waals surface area contributed by atoms with Crippen molar-refractivity contribution in [3.8, 4) is 11.5 Å². The molecule has 1 aliphatic rings. The molecule has 2 aromatic rings. The number of thiocarbonyl (C=S) groups is 1. The van der Waals surface area contributed by atoms with E-state index in [0.29, 0.717) is 33.6 Å². The second kappa shape index (κ2) is 10.2. The van der Waals surface area contributed by atoms with Gasteiger partial charge in [0, 0.05) is 5.02 Å². The fourth-order valence-corrected chi connectivity index (χ4v) is 4.49. The van der Waals surface area contributed by atoms with Gasteiger partial charge in [0.05, 0.1) is 12.0 Å². The fourth-order valence-electron chi connectivity index (χ4n) is 3.00. The summed E-state index contributed by atoms with van der Waals surface area (Å²) in [7, 11) is 1.53. The average molecular weight is 478 g/mol. The van der Waals surface area contributed by atoms with E-state index in [1.165, 1.54) is 7.11 Å². The standard InChI is InChI=1S/C22H20ClNO5S2/c1-3-16(21(26)27)24-20(25)19(31-22(24)30)11-14-6-9-17(18(10-14)28-2)29-12-13-4-7-15(23)8-5-13/h4-11,16H,3,12H2,1-2H3,(H,26,27)/b19-11+. The third-order valence-electron chi connectivity index (χ3n) is 4.60. The molecule has 0 bridgehead atoms. The normalized spacial score (nSPS) is 16.0. The third kappa shape index (κ3) is 5.39. The number of carboxylic acids is 1. The highest BCUT2D eigenvalue weighted by atomic mass is 35.5. The first-order valence-electron chi connectivity index (χ1n) is 9.39. The molecule has 6 nitrogen and oxygen atoms in total. The van der Waals surface area contributed by atoms with Gasteiger partial charge < -0.3 is 14.6 Å². The van der Waals surface area contributed by atoms with Crippen LogP contribution in [0.5, 0.6) is 11.5 Å². The molecule has 2 aromatic carbocycles. The van der Waals surface area contributed by atoms with E-state index in [-0.39, 0.29) is 10.7 Å². The number of carbonyl (C=O) groups is 2. The Bertz CT molecular complexity index is 1040. The van der Waals surface area contributed by atoms with Crippen molar-refractivity contribution in [3.05, 3.63) is 63.5 Å². The number of benzene rings is 2. The van der Waals surface area contributed by atoms with Crippen LogP contribution in [0.2, 0.25) is 5.02 Å². The largest absolute Gasteiger partial charge is 0.493 e. The molecule has 0 saturated carbocycles. The number of methoxy groups -OCH3 is 1. The number of ether oxygens (including phenoxy) is 2. The molecule has 0 radical (unpaired) electrons. The van der Waals surface area contributed by atoms with Crippen LogP contribution in [0.25, 0.3) is 6.08 Å². The maximum Gasteiger partial charge on any atom is 0.326 e. The van der Waals surface area contributed by atoms with Gasteiger partial charge in [-0.1, -0.05) is 60.7 Å². The maximum absolute atomic E-state index is 12.8. The molecular formula is C22H20ClNO5S2. The zero-order valence-electron chi connectivity index (χ0n) is 16.8.